The summed E-state index contributed by atoms with van der Waals surface area (Å²) in [6, 6.07) is 14.8. The van der Waals surface area contributed by atoms with Crippen molar-refractivity contribution in [2.24, 2.45) is 0 Å². The highest BCUT2D eigenvalue weighted by Crippen LogP contribution is 2.25. The first kappa shape index (κ1) is 27.9. The highest BCUT2D eigenvalue weighted by molar-refractivity contribution is 5.99. The molecule has 2 aromatic rings. The van der Waals surface area contributed by atoms with Crippen LogP contribution in [0.1, 0.15) is 34.1 Å². The highest BCUT2D eigenvalue weighted by Gasteiger charge is 2.31. The molecule has 1 aliphatic rings. The first-order chi connectivity index (χ1) is 14.5. The van der Waals surface area contributed by atoms with Crippen molar-refractivity contribution < 1.29 is 53.7 Å². The van der Waals surface area contributed by atoms with Crippen molar-refractivity contribution in [2.45, 2.75) is 19.4 Å². The van der Waals surface area contributed by atoms with Crippen molar-refractivity contribution in [3.63, 3.8) is 0 Å². The molecular weight excluding hydrogens is 451 g/mol. The number of piperazine rings is 1. The molecule has 0 amide bonds. The maximum atomic E-state index is 12.7. The summed E-state index contributed by atoms with van der Waals surface area (Å²) < 4.78 is 10.6. The van der Waals surface area contributed by atoms with Crippen molar-refractivity contribution in [2.75, 3.05) is 46.9 Å². The normalized spacial score (nSPS) is 18.5. The van der Waals surface area contributed by atoms with Crippen LogP contribution < -0.4 is 44.1 Å². The van der Waals surface area contributed by atoms with Crippen LogP contribution in [0, 0.1) is 0 Å². The number of hydrogen-bond donors (Lipinski definition) is 2. The Hall–Kier alpha value is -2.12. The van der Waals surface area contributed by atoms with E-state index in [-0.39, 0.29) is 42.4 Å². The quantitative estimate of drug-likeness (QED) is 0.350. The Balaban J connectivity index is 0.00000256. The van der Waals surface area contributed by atoms with E-state index in [4.69, 9.17) is 9.47 Å². The Morgan fingerprint density at radius 3 is 2.19 bits per heavy atom. The maximum Gasteiger partial charge on any atom is 0.219 e. The van der Waals surface area contributed by atoms with Gasteiger partial charge >= 0.3 is 0 Å². The summed E-state index contributed by atoms with van der Waals surface area (Å²) in [5.74, 6) is 1.52. The zero-order valence-electron chi connectivity index (χ0n) is 18.8. The number of methoxy groups -OCH3 is 2. The van der Waals surface area contributed by atoms with Crippen LogP contribution >= 0.6 is 0 Å². The Morgan fingerprint density at radius 1 is 0.938 bits per heavy atom. The second kappa shape index (κ2) is 13.4. The van der Waals surface area contributed by atoms with Crippen molar-refractivity contribution >= 4 is 11.6 Å². The molecule has 8 heteroatoms. The molecule has 1 fully saturated rings. The molecule has 1 aliphatic heterocycles. The number of quaternary nitrogens is 2. The van der Waals surface area contributed by atoms with Crippen LogP contribution in [0.5, 0.6) is 11.5 Å². The topological polar surface area (TPSA) is 61.5 Å². The van der Waals surface area contributed by atoms with Gasteiger partial charge in [-0.25, -0.2) is 0 Å². The molecule has 32 heavy (non-hydrogen) atoms. The van der Waals surface area contributed by atoms with E-state index in [1.165, 1.54) is 9.80 Å². The van der Waals surface area contributed by atoms with Crippen molar-refractivity contribution in [3.05, 3.63) is 59.7 Å². The van der Waals surface area contributed by atoms with E-state index in [1.54, 1.807) is 32.4 Å². The fourth-order valence-corrected chi connectivity index (χ4v) is 4.10. The van der Waals surface area contributed by atoms with Crippen LogP contribution in [0.2, 0.25) is 0 Å². The molecule has 0 aliphatic carbocycles. The lowest BCUT2D eigenvalue weighted by Crippen LogP contribution is -3.29. The average Bonchev–Trinajstić information content (AvgIpc) is 2.82. The van der Waals surface area contributed by atoms with Crippen LogP contribution in [0.15, 0.2) is 48.5 Å². The number of ether oxygens (including phenoxy) is 2. The standard InChI is InChI=1S/C24H30N2O4.2ClH/c1-18(24(28)19-7-5-4-6-8-19)26-15-13-25(14-16-26)12-11-22(27)21-10-9-20(29-2)17-23(21)30-3;;/h4-10,17-18H,11-16H2,1-3H3;2*1H. The Labute approximate surface area is 202 Å². The number of halogens is 2. The third-order valence-corrected chi connectivity index (χ3v) is 6.08. The van der Waals surface area contributed by atoms with Gasteiger partial charge in [0.2, 0.25) is 5.78 Å². The van der Waals surface area contributed by atoms with E-state index in [1.807, 2.05) is 37.3 Å². The van der Waals surface area contributed by atoms with Crippen LogP contribution in [0.25, 0.3) is 0 Å². The van der Waals surface area contributed by atoms with Gasteiger partial charge in [0.25, 0.3) is 0 Å². The zero-order valence-corrected chi connectivity index (χ0v) is 20.3. The second-order valence-corrected chi connectivity index (χ2v) is 7.85. The molecular formula is C24H32Cl2N2O4. The predicted octanol–water partition coefficient (Wildman–Crippen LogP) is -5.66. The van der Waals surface area contributed by atoms with E-state index >= 15 is 0 Å². The lowest BCUT2D eigenvalue weighted by atomic mass is 10.0. The zero-order chi connectivity index (χ0) is 21.5. The largest absolute Gasteiger partial charge is 1.00 e. The van der Waals surface area contributed by atoms with Crippen LogP contribution in [-0.2, 0) is 0 Å². The van der Waals surface area contributed by atoms with E-state index in [9.17, 15) is 9.59 Å². The number of carbonyl (C=O) groups is 2. The molecule has 1 unspecified atom stereocenters. The molecule has 1 saturated heterocycles. The molecule has 1 heterocycles. The number of benzene rings is 2. The van der Waals surface area contributed by atoms with Crippen molar-refractivity contribution in [1.82, 2.24) is 0 Å². The fourth-order valence-electron chi connectivity index (χ4n) is 4.10. The Morgan fingerprint density at radius 2 is 1.59 bits per heavy atom. The molecule has 2 aromatic carbocycles. The lowest BCUT2D eigenvalue weighted by molar-refractivity contribution is -1.02. The van der Waals surface area contributed by atoms with Gasteiger partial charge in [-0.2, -0.15) is 0 Å². The maximum absolute atomic E-state index is 12.7. The molecule has 0 radical (unpaired) electrons. The van der Waals surface area contributed by atoms with Gasteiger partial charge in [-0.15, -0.1) is 0 Å². The highest BCUT2D eigenvalue weighted by atomic mass is 35.5. The smallest absolute Gasteiger partial charge is 0.219 e. The molecule has 1 atom stereocenters. The average molecular weight is 483 g/mol. The first-order valence-electron chi connectivity index (χ1n) is 10.6. The lowest BCUT2D eigenvalue weighted by Gasteiger charge is -2.32. The fraction of sp³-hybridized carbons (Fsp3) is 0.417. The summed E-state index contributed by atoms with van der Waals surface area (Å²) >= 11 is 0. The van der Waals surface area contributed by atoms with Gasteiger partial charge in [0.1, 0.15) is 43.7 Å². The minimum atomic E-state index is -0.0425. The number of ketones is 2. The predicted molar refractivity (Wildman–Crippen MR) is 115 cm³/mol. The summed E-state index contributed by atoms with van der Waals surface area (Å²) in [4.78, 5) is 28.2. The molecule has 6 nitrogen and oxygen atoms in total. The van der Waals surface area contributed by atoms with E-state index in [0.29, 0.717) is 23.5 Å². The summed E-state index contributed by atoms with van der Waals surface area (Å²) in [6.45, 7) is 6.63. The van der Waals surface area contributed by atoms with Gasteiger partial charge < -0.3 is 44.1 Å². The monoisotopic (exact) mass is 482 g/mol. The molecule has 0 aromatic heterocycles. The third-order valence-electron chi connectivity index (χ3n) is 6.08. The van der Waals surface area contributed by atoms with E-state index < -0.39 is 0 Å². The number of hydrogen-bond acceptors (Lipinski definition) is 4. The summed E-state index contributed by atoms with van der Waals surface area (Å²) in [6.07, 6.45) is 0.478. The Bertz CT molecular complexity index is 872. The van der Waals surface area contributed by atoms with Gasteiger partial charge in [-0.05, 0) is 19.1 Å². The van der Waals surface area contributed by atoms with E-state index in [2.05, 4.69) is 0 Å². The van der Waals surface area contributed by atoms with Gasteiger partial charge in [0.05, 0.1) is 32.7 Å². The van der Waals surface area contributed by atoms with Crippen LogP contribution in [-0.4, -0.2) is 64.6 Å². The molecule has 0 saturated carbocycles. The summed E-state index contributed by atoms with van der Waals surface area (Å²) in [5.41, 5.74) is 1.38. The van der Waals surface area contributed by atoms with Crippen molar-refractivity contribution in [1.29, 1.82) is 0 Å². The Kier molecular flexibility index (Phi) is 11.7. The molecule has 3 rings (SSSR count). The minimum absolute atomic E-state index is 0. The van der Waals surface area contributed by atoms with Gasteiger partial charge in [-0.1, -0.05) is 30.3 Å². The van der Waals surface area contributed by atoms with Crippen LogP contribution in [0.3, 0.4) is 0 Å². The van der Waals surface area contributed by atoms with E-state index in [0.717, 1.165) is 38.3 Å². The minimum Gasteiger partial charge on any atom is -1.00 e. The molecule has 0 spiro atoms. The number of Topliss-reactive ketones (excluding diaryl/α,β-unsaturated/α-hetero) is 2. The van der Waals surface area contributed by atoms with Gasteiger partial charge in [0.15, 0.2) is 5.78 Å². The molecule has 2 N–H and O–H groups in total. The molecule has 0 bridgehead atoms. The molecule has 176 valence electrons. The second-order valence-electron chi connectivity index (χ2n) is 7.85. The summed E-state index contributed by atoms with van der Waals surface area (Å²) in [7, 11) is 3.16. The SMILES string of the molecule is COc1ccc(C(=O)CC[NH+]2CC[NH+](C(C)C(=O)c3ccccc3)CC2)c(OC)c1.[Cl-].[Cl-]. The number of carbonyl (C=O) groups excluding carboxylic acids is 2. The first-order valence-corrected chi connectivity index (χ1v) is 10.6. The third kappa shape index (κ3) is 6.94. The summed E-state index contributed by atoms with van der Waals surface area (Å²) in [5, 5.41) is 0. The van der Waals surface area contributed by atoms with Gasteiger partial charge in [-0.3, -0.25) is 9.59 Å². The van der Waals surface area contributed by atoms with Crippen LogP contribution in [0.4, 0.5) is 0 Å². The number of rotatable bonds is 9. The van der Waals surface area contributed by atoms with Gasteiger partial charge in [0, 0.05) is 11.6 Å². The van der Waals surface area contributed by atoms with Crippen molar-refractivity contribution in [3.8, 4) is 11.5 Å². The number of nitrogens with one attached hydrogen (secondary N) is 2.